The third-order valence-corrected chi connectivity index (χ3v) is 4.59. The molecule has 1 aliphatic rings. The lowest BCUT2D eigenvalue weighted by Gasteiger charge is -2.40. The first-order valence-corrected chi connectivity index (χ1v) is 7.42. The Hall–Kier alpha value is -1.55. The van der Waals surface area contributed by atoms with E-state index in [1.807, 2.05) is 32.0 Å². The number of carbonyl (C=O) groups is 1. The molecule has 0 spiro atoms. The molecular formula is C17H24O4. The number of methoxy groups -OCH3 is 2. The average Bonchev–Trinajstić information content (AvgIpc) is 2.51. The number of carbonyl (C=O) groups excluding carboxylic acids is 1. The van der Waals surface area contributed by atoms with Crippen molar-refractivity contribution in [2.45, 2.75) is 44.6 Å². The molecule has 0 saturated heterocycles. The molecule has 2 atom stereocenters. The van der Waals surface area contributed by atoms with Crippen molar-refractivity contribution in [3.8, 4) is 5.75 Å². The Morgan fingerprint density at radius 1 is 1.38 bits per heavy atom. The second-order valence-corrected chi connectivity index (χ2v) is 5.98. The van der Waals surface area contributed by atoms with Crippen LogP contribution in [0.4, 0.5) is 0 Å². The minimum Gasteiger partial charge on any atom is -0.497 e. The molecule has 0 radical (unpaired) electrons. The number of benzene rings is 1. The van der Waals surface area contributed by atoms with Crippen LogP contribution in [-0.4, -0.2) is 30.9 Å². The summed E-state index contributed by atoms with van der Waals surface area (Å²) in [4.78, 5) is 12.2. The summed E-state index contributed by atoms with van der Waals surface area (Å²) in [6.45, 7) is 3.71. The Morgan fingerprint density at radius 3 is 2.67 bits per heavy atom. The molecule has 0 bridgehead atoms. The monoisotopic (exact) mass is 292 g/mol. The molecule has 0 saturated carbocycles. The highest BCUT2D eigenvalue weighted by molar-refractivity contribution is 5.81. The van der Waals surface area contributed by atoms with Crippen molar-refractivity contribution >= 4 is 5.97 Å². The van der Waals surface area contributed by atoms with Gasteiger partial charge in [0, 0.05) is 5.92 Å². The standard InChI is InChI=1S/C17H24O4/c1-11(2)17(19,16(18)21-4)15-7-5-6-12-10-13(20-3)8-9-14(12)15/h8-11,15,19H,5-7H2,1-4H3. The van der Waals surface area contributed by atoms with Crippen molar-refractivity contribution in [2.75, 3.05) is 14.2 Å². The SMILES string of the molecule is COC(=O)C(O)(C(C)C)C1CCCc2cc(OC)ccc21. The minimum atomic E-state index is -1.49. The van der Waals surface area contributed by atoms with E-state index in [0.717, 1.165) is 36.1 Å². The molecular weight excluding hydrogens is 268 g/mol. The molecule has 1 aromatic carbocycles. The Bertz CT molecular complexity index is 524. The Kier molecular flexibility index (Phi) is 4.57. The summed E-state index contributed by atoms with van der Waals surface area (Å²) in [5, 5.41) is 11.0. The summed E-state index contributed by atoms with van der Waals surface area (Å²) in [7, 11) is 2.97. The molecule has 0 aliphatic heterocycles. The summed E-state index contributed by atoms with van der Waals surface area (Å²) >= 11 is 0. The van der Waals surface area contributed by atoms with Crippen LogP contribution in [0.3, 0.4) is 0 Å². The number of rotatable bonds is 4. The molecule has 4 heteroatoms. The number of hydrogen-bond acceptors (Lipinski definition) is 4. The average molecular weight is 292 g/mol. The highest BCUT2D eigenvalue weighted by Gasteiger charge is 2.49. The number of esters is 1. The van der Waals surface area contributed by atoms with Crippen molar-refractivity contribution in [1.82, 2.24) is 0 Å². The molecule has 21 heavy (non-hydrogen) atoms. The van der Waals surface area contributed by atoms with Crippen LogP contribution in [0.5, 0.6) is 5.75 Å². The molecule has 1 aromatic rings. The van der Waals surface area contributed by atoms with Crippen LogP contribution in [0.25, 0.3) is 0 Å². The van der Waals surface area contributed by atoms with Crippen molar-refractivity contribution < 1.29 is 19.4 Å². The fourth-order valence-electron chi connectivity index (χ4n) is 3.32. The molecule has 1 N–H and O–H groups in total. The van der Waals surface area contributed by atoms with Crippen molar-refractivity contribution in [2.24, 2.45) is 5.92 Å². The highest BCUT2D eigenvalue weighted by atomic mass is 16.5. The van der Waals surface area contributed by atoms with Gasteiger partial charge in [-0.15, -0.1) is 0 Å². The molecule has 0 fully saturated rings. The summed E-state index contributed by atoms with van der Waals surface area (Å²) in [5.41, 5.74) is 0.690. The van der Waals surface area contributed by atoms with E-state index in [1.165, 1.54) is 7.11 Å². The topological polar surface area (TPSA) is 55.8 Å². The normalized spacial score (nSPS) is 20.6. The molecule has 4 nitrogen and oxygen atoms in total. The van der Waals surface area contributed by atoms with E-state index >= 15 is 0 Å². The lowest BCUT2D eigenvalue weighted by atomic mass is 9.69. The number of fused-ring (bicyclic) bond motifs is 1. The number of ether oxygens (including phenoxy) is 2. The van der Waals surface area contributed by atoms with Gasteiger partial charge in [-0.1, -0.05) is 19.9 Å². The Labute approximate surface area is 126 Å². The molecule has 0 amide bonds. The maximum atomic E-state index is 12.2. The van der Waals surface area contributed by atoms with Gasteiger partial charge in [0.1, 0.15) is 5.75 Å². The zero-order valence-corrected chi connectivity index (χ0v) is 13.2. The maximum absolute atomic E-state index is 12.2. The largest absolute Gasteiger partial charge is 0.497 e. The van der Waals surface area contributed by atoms with Gasteiger partial charge in [-0.05, 0) is 48.4 Å². The van der Waals surface area contributed by atoms with Crippen LogP contribution >= 0.6 is 0 Å². The van der Waals surface area contributed by atoms with Gasteiger partial charge in [0.25, 0.3) is 0 Å². The zero-order valence-electron chi connectivity index (χ0n) is 13.2. The fraction of sp³-hybridized carbons (Fsp3) is 0.588. The van der Waals surface area contributed by atoms with E-state index in [-0.39, 0.29) is 11.8 Å². The number of aliphatic hydroxyl groups is 1. The van der Waals surface area contributed by atoms with Gasteiger partial charge in [0.05, 0.1) is 14.2 Å². The third-order valence-electron chi connectivity index (χ3n) is 4.59. The van der Waals surface area contributed by atoms with Crippen molar-refractivity contribution in [3.63, 3.8) is 0 Å². The lowest BCUT2D eigenvalue weighted by Crippen LogP contribution is -2.50. The zero-order chi connectivity index (χ0) is 15.6. The van der Waals surface area contributed by atoms with E-state index in [1.54, 1.807) is 7.11 Å². The first-order valence-electron chi connectivity index (χ1n) is 7.42. The van der Waals surface area contributed by atoms with Gasteiger partial charge in [-0.2, -0.15) is 0 Å². The van der Waals surface area contributed by atoms with E-state index in [2.05, 4.69) is 0 Å². The van der Waals surface area contributed by atoms with Crippen molar-refractivity contribution in [1.29, 1.82) is 0 Å². The highest BCUT2D eigenvalue weighted by Crippen LogP contribution is 2.44. The van der Waals surface area contributed by atoms with Crippen LogP contribution in [0.2, 0.25) is 0 Å². The van der Waals surface area contributed by atoms with Gasteiger partial charge < -0.3 is 14.6 Å². The number of hydrogen-bond donors (Lipinski definition) is 1. The molecule has 2 unspecified atom stereocenters. The van der Waals surface area contributed by atoms with Gasteiger partial charge in [0.15, 0.2) is 5.60 Å². The van der Waals surface area contributed by atoms with Crippen LogP contribution in [0, 0.1) is 5.92 Å². The second-order valence-electron chi connectivity index (χ2n) is 5.98. The van der Waals surface area contributed by atoms with E-state index in [0.29, 0.717) is 0 Å². The summed E-state index contributed by atoms with van der Waals surface area (Å²) < 4.78 is 10.1. The van der Waals surface area contributed by atoms with Gasteiger partial charge in [0.2, 0.25) is 0 Å². The predicted molar refractivity (Wildman–Crippen MR) is 80.5 cm³/mol. The van der Waals surface area contributed by atoms with Gasteiger partial charge in [-0.25, -0.2) is 4.79 Å². The Balaban J connectivity index is 2.48. The third kappa shape index (κ3) is 2.64. The lowest BCUT2D eigenvalue weighted by molar-refractivity contribution is -0.171. The molecule has 0 heterocycles. The van der Waals surface area contributed by atoms with Crippen LogP contribution in [0.1, 0.15) is 43.7 Å². The minimum absolute atomic E-state index is 0.219. The quantitative estimate of drug-likeness (QED) is 0.867. The smallest absolute Gasteiger partial charge is 0.338 e. The maximum Gasteiger partial charge on any atom is 0.338 e. The van der Waals surface area contributed by atoms with Crippen LogP contribution < -0.4 is 4.74 Å². The van der Waals surface area contributed by atoms with Crippen LogP contribution in [0.15, 0.2) is 18.2 Å². The summed E-state index contributed by atoms with van der Waals surface area (Å²) in [6, 6.07) is 5.85. The summed E-state index contributed by atoms with van der Waals surface area (Å²) in [5.74, 6) is -0.200. The summed E-state index contributed by atoms with van der Waals surface area (Å²) in [6.07, 6.45) is 2.67. The fourth-order valence-corrected chi connectivity index (χ4v) is 3.32. The molecule has 2 rings (SSSR count). The van der Waals surface area contributed by atoms with E-state index in [4.69, 9.17) is 9.47 Å². The Morgan fingerprint density at radius 2 is 2.10 bits per heavy atom. The molecule has 0 aromatic heterocycles. The second kappa shape index (κ2) is 6.06. The van der Waals surface area contributed by atoms with Crippen molar-refractivity contribution in [3.05, 3.63) is 29.3 Å². The van der Waals surface area contributed by atoms with Gasteiger partial charge in [-0.3, -0.25) is 0 Å². The first kappa shape index (κ1) is 15.8. The predicted octanol–water partition coefficient (Wildman–Crippen LogP) is 2.68. The first-order chi connectivity index (χ1) is 9.94. The van der Waals surface area contributed by atoms with E-state index < -0.39 is 11.6 Å². The number of aryl methyl sites for hydroxylation is 1. The molecule has 1 aliphatic carbocycles. The molecule has 116 valence electrons. The van der Waals surface area contributed by atoms with Gasteiger partial charge >= 0.3 is 5.97 Å². The van der Waals surface area contributed by atoms with E-state index in [9.17, 15) is 9.90 Å². The van der Waals surface area contributed by atoms with Crippen LogP contribution in [-0.2, 0) is 16.0 Å².